The number of thiophene rings is 1. The van der Waals surface area contributed by atoms with E-state index in [-0.39, 0.29) is 0 Å². The minimum absolute atomic E-state index is 0.392. The molecule has 2 aromatic heterocycles. The van der Waals surface area contributed by atoms with Crippen molar-refractivity contribution in [2.75, 3.05) is 0 Å². The van der Waals surface area contributed by atoms with Crippen molar-refractivity contribution in [2.45, 2.75) is 5.41 Å². The molecule has 10 aromatic rings. The molecule has 0 aliphatic heterocycles. The van der Waals surface area contributed by atoms with Crippen molar-refractivity contribution in [1.82, 2.24) is 9.97 Å². The Morgan fingerprint density at radius 2 is 0.857 bits per heavy atom. The molecule has 2 aliphatic carbocycles. The van der Waals surface area contributed by atoms with Crippen LogP contribution in [0.1, 0.15) is 22.3 Å². The maximum absolute atomic E-state index is 5.46. The molecule has 0 N–H and O–H groups in total. The molecule has 3 heteroatoms. The van der Waals surface area contributed by atoms with Gasteiger partial charge in [-0.1, -0.05) is 176 Å². The van der Waals surface area contributed by atoms with Crippen molar-refractivity contribution >= 4 is 31.5 Å². The van der Waals surface area contributed by atoms with Crippen molar-refractivity contribution in [3.8, 4) is 67.3 Å². The molecule has 2 heterocycles. The van der Waals surface area contributed by atoms with Crippen LogP contribution >= 0.6 is 11.3 Å². The molecule has 0 fully saturated rings. The zero-order valence-corrected chi connectivity index (χ0v) is 31.1. The third-order valence-corrected chi connectivity index (χ3v) is 13.2. The molecule has 0 unspecified atom stereocenters. The third-order valence-electron chi connectivity index (χ3n) is 11.9. The van der Waals surface area contributed by atoms with Crippen LogP contribution < -0.4 is 0 Å². The molecule has 0 amide bonds. The molecule has 0 atom stereocenters. The number of fused-ring (bicyclic) bond motifs is 13. The van der Waals surface area contributed by atoms with Gasteiger partial charge in [-0.05, 0) is 73.8 Å². The van der Waals surface area contributed by atoms with Gasteiger partial charge in [-0.15, -0.1) is 11.3 Å². The van der Waals surface area contributed by atoms with E-state index in [1.807, 2.05) is 11.3 Å². The van der Waals surface area contributed by atoms with E-state index in [1.165, 1.54) is 64.7 Å². The molecule has 12 rings (SSSR count). The van der Waals surface area contributed by atoms with E-state index in [0.717, 1.165) is 39.2 Å². The van der Waals surface area contributed by atoms with Gasteiger partial charge >= 0.3 is 0 Å². The van der Waals surface area contributed by atoms with E-state index in [4.69, 9.17) is 9.97 Å². The van der Waals surface area contributed by atoms with Crippen LogP contribution in [-0.4, -0.2) is 9.97 Å². The number of hydrogen-bond donors (Lipinski definition) is 0. The number of hydrogen-bond acceptors (Lipinski definition) is 3. The topological polar surface area (TPSA) is 25.8 Å². The Bertz CT molecular complexity index is 3170. The van der Waals surface area contributed by atoms with Crippen LogP contribution in [0.2, 0.25) is 0 Å². The Kier molecular flexibility index (Phi) is 6.75. The molecular formula is C53H32N2S. The van der Waals surface area contributed by atoms with E-state index in [1.54, 1.807) is 0 Å². The second kappa shape index (κ2) is 12.0. The predicted molar refractivity (Wildman–Crippen MR) is 233 cm³/mol. The summed E-state index contributed by atoms with van der Waals surface area (Å²) in [5.41, 5.74) is 17.4. The average Bonchev–Trinajstić information content (AvgIpc) is 3.91. The molecule has 0 radical (unpaired) electrons. The second-order valence-electron chi connectivity index (χ2n) is 14.8. The SMILES string of the molecule is c1ccc(-c2ccccc2-c2cc(-c3cccc4c3sc3ccccc34)nc(-c3ccc4c(c3)-c3ccccc3C43c4ccccc4-c4ccccc43)n2)cc1. The monoisotopic (exact) mass is 728 g/mol. The first-order valence-electron chi connectivity index (χ1n) is 19.2. The number of benzene rings is 8. The maximum Gasteiger partial charge on any atom is 0.160 e. The first-order valence-corrected chi connectivity index (χ1v) is 20.0. The summed E-state index contributed by atoms with van der Waals surface area (Å²) in [6, 6.07) is 70.6. The Morgan fingerprint density at radius 1 is 0.339 bits per heavy atom. The van der Waals surface area contributed by atoms with Crippen molar-refractivity contribution in [3.63, 3.8) is 0 Å². The first kappa shape index (κ1) is 31.4. The molecule has 2 nitrogen and oxygen atoms in total. The molecule has 0 saturated carbocycles. The number of nitrogens with zero attached hydrogens (tertiary/aromatic N) is 2. The quantitative estimate of drug-likeness (QED) is 0.180. The molecule has 0 bridgehead atoms. The Balaban J connectivity index is 1.11. The Hall–Kier alpha value is -6.94. The highest BCUT2D eigenvalue weighted by Crippen LogP contribution is 2.63. The third kappa shape index (κ3) is 4.38. The Morgan fingerprint density at radius 3 is 1.57 bits per heavy atom. The second-order valence-corrected chi connectivity index (χ2v) is 15.9. The summed E-state index contributed by atoms with van der Waals surface area (Å²) in [4.78, 5) is 10.9. The summed E-state index contributed by atoms with van der Waals surface area (Å²) in [5.74, 6) is 0.715. The molecule has 2 aliphatic rings. The molecule has 0 saturated heterocycles. The maximum atomic E-state index is 5.46. The summed E-state index contributed by atoms with van der Waals surface area (Å²) < 4.78 is 2.52. The van der Waals surface area contributed by atoms with Crippen LogP contribution in [-0.2, 0) is 5.41 Å². The zero-order valence-electron chi connectivity index (χ0n) is 30.3. The first-order chi connectivity index (χ1) is 27.8. The van der Waals surface area contributed by atoms with Crippen molar-refractivity contribution < 1.29 is 0 Å². The molecular weight excluding hydrogens is 697 g/mol. The van der Waals surface area contributed by atoms with Gasteiger partial charge in [-0.3, -0.25) is 0 Å². The van der Waals surface area contributed by atoms with E-state index in [2.05, 4.69) is 194 Å². The number of aromatic nitrogens is 2. The van der Waals surface area contributed by atoms with Gasteiger partial charge in [-0.2, -0.15) is 0 Å². The van der Waals surface area contributed by atoms with Crippen LogP contribution in [0.15, 0.2) is 194 Å². The van der Waals surface area contributed by atoms with Gasteiger partial charge in [0.25, 0.3) is 0 Å². The largest absolute Gasteiger partial charge is 0.228 e. The number of rotatable bonds is 4. The van der Waals surface area contributed by atoms with Gasteiger partial charge in [0.1, 0.15) is 0 Å². The fourth-order valence-electron chi connectivity index (χ4n) is 9.62. The van der Waals surface area contributed by atoms with Crippen LogP contribution in [0.25, 0.3) is 87.5 Å². The van der Waals surface area contributed by atoms with E-state index < -0.39 is 5.41 Å². The highest BCUT2D eigenvalue weighted by atomic mass is 32.1. The fraction of sp³-hybridized carbons (Fsp3) is 0.0189. The average molecular weight is 729 g/mol. The minimum atomic E-state index is -0.392. The summed E-state index contributed by atoms with van der Waals surface area (Å²) in [6.45, 7) is 0. The normalized spacial score (nSPS) is 13.1. The van der Waals surface area contributed by atoms with Crippen molar-refractivity contribution in [3.05, 3.63) is 216 Å². The van der Waals surface area contributed by atoms with Gasteiger partial charge in [0.15, 0.2) is 5.82 Å². The summed E-state index contributed by atoms with van der Waals surface area (Å²) in [7, 11) is 0. The van der Waals surface area contributed by atoms with Gasteiger partial charge in [0.05, 0.1) is 16.8 Å². The van der Waals surface area contributed by atoms with Gasteiger partial charge < -0.3 is 0 Å². The fourth-order valence-corrected chi connectivity index (χ4v) is 10.8. The Labute approximate surface area is 329 Å². The molecule has 8 aromatic carbocycles. The molecule has 56 heavy (non-hydrogen) atoms. The summed E-state index contributed by atoms with van der Waals surface area (Å²) in [5, 5.41) is 2.53. The standard InChI is InChI=1S/C53H32N2S/c1-2-15-33(16-3-1)35-17-4-5-21-39(35)48-32-49(42-24-14-23-41-40-22-9-13-28-50(40)56-51(41)42)55-52(54-48)34-29-30-47-43(31-34)38-20-8-12-27-46(38)53(47)44-25-10-6-18-36(44)37-19-7-11-26-45(37)53/h1-32H. The van der Waals surface area contributed by atoms with Crippen LogP contribution in [0.4, 0.5) is 0 Å². The smallest absolute Gasteiger partial charge is 0.160 e. The van der Waals surface area contributed by atoms with E-state index in [9.17, 15) is 0 Å². The minimum Gasteiger partial charge on any atom is -0.228 e. The highest BCUT2D eigenvalue weighted by molar-refractivity contribution is 7.26. The highest BCUT2D eigenvalue weighted by Gasteiger charge is 2.51. The summed E-state index contributed by atoms with van der Waals surface area (Å²) >= 11 is 1.83. The van der Waals surface area contributed by atoms with E-state index >= 15 is 0 Å². The lowest BCUT2D eigenvalue weighted by Gasteiger charge is -2.30. The predicted octanol–water partition coefficient (Wildman–Crippen LogP) is 13.9. The van der Waals surface area contributed by atoms with Crippen LogP contribution in [0.5, 0.6) is 0 Å². The zero-order chi connectivity index (χ0) is 36.8. The molecule has 1 spiro atoms. The lowest BCUT2D eigenvalue weighted by Crippen LogP contribution is -2.25. The van der Waals surface area contributed by atoms with Crippen LogP contribution in [0.3, 0.4) is 0 Å². The van der Waals surface area contributed by atoms with Gasteiger partial charge in [-0.25, -0.2) is 9.97 Å². The van der Waals surface area contributed by atoms with Gasteiger partial charge in [0, 0.05) is 36.9 Å². The molecule has 260 valence electrons. The lowest BCUT2D eigenvalue weighted by atomic mass is 9.70. The van der Waals surface area contributed by atoms with Crippen LogP contribution in [0, 0.1) is 0 Å². The van der Waals surface area contributed by atoms with Crippen molar-refractivity contribution in [2.24, 2.45) is 0 Å². The summed E-state index contributed by atoms with van der Waals surface area (Å²) in [6.07, 6.45) is 0. The van der Waals surface area contributed by atoms with Crippen molar-refractivity contribution in [1.29, 1.82) is 0 Å². The van der Waals surface area contributed by atoms with E-state index in [0.29, 0.717) is 5.82 Å². The lowest BCUT2D eigenvalue weighted by molar-refractivity contribution is 0.794. The van der Waals surface area contributed by atoms with Gasteiger partial charge in [0.2, 0.25) is 0 Å².